The van der Waals surface area contributed by atoms with Crippen molar-refractivity contribution < 1.29 is 9.53 Å². The normalized spacial score (nSPS) is 15.9. The van der Waals surface area contributed by atoms with E-state index in [4.69, 9.17) is 4.74 Å². The van der Waals surface area contributed by atoms with Gasteiger partial charge in [0.05, 0.1) is 11.8 Å². The highest BCUT2D eigenvalue weighted by Gasteiger charge is 2.17. The van der Waals surface area contributed by atoms with Crippen molar-refractivity contribution in [1.29, 1.82) is 0 Å². The van der Waals surface area contributed by atoms with E-state index in [1.54, 1.807) is 0 Å². The van der Waals surface area contributed by atoms with Crippen molar-refractivity contribution in [1.82, 2.24) is 20.8 Å². The quantitative estimate of drug-likeness (QED) is 0.415. The zero-order valence-corrected chi connectivity index (χ0v) is 22.2. The minimum atomic E-state index is -0.178. The highest BCUT2D eigenvalue weighted by atomic mass is 35.5. The van der Waals surface area contributed by atoms with Gasteiger partial charge in [0.1, 0.15) is 5.75 Å². The molecule has 2 aromatic rings. The van der Waals surface area contributed by atoms with E-state index in [0.717, 1.165) is 74.2 Å². The standard InChI is InChI=1S/C27H36N4O2.2ClH/c1-2-3-9-25-24(21-10-12-23(13-11-21)33-22-7-5-4-6-8-22)18-26(31-30-25)27(32)29-19-20-14-16-28-17-15-20;;/h10-14,18,22,28H,2-9,15-17,19H2,1H3,(H,29,32);2*1H. The summed E-state index contributed by atoms with van der Waals surface area (Å²) >= 11 is 0. The van der Waals surface area contributed by atoms with Gasteiger partial charge in [0.15, 0.2) is 5.69 Å². The number of aryl methyl sites for hydroxylation is 1. The molecule has 1 fully saturated rings. The van der Waals surface area contributed by atoms with E-state index < -0.39 is 0 Å². The Morgan fingerprint density at radius 1 is 1.11 bits per heavy atom. The van der Waals surface area contributed by atoms with Crippen LogP contribution in [0.4, 0.5) is 0 Å². The minimum absolute atomic E-state index is 0. The SMILES string of the molecule is CCCCc1nnc(C(=O)NCC2=CCNCC2)cc1-c1ccc(OC2CCCCC2)cc1.Cl.Cl. The average Bonchev–Trinajstić information content (AvgIpc) is 2.88. The van der Waals surface area contributed by atoms with Gasteiger partial charge < -0.3 is 15.4 Å². The summed E-state index contributed by atoms with van der Waals surface area (Å²) < 4.78 is 6.19. The molecule has 0 unspecified atom stereocenters. The Kier molecular flexibility index (Phi) is 12.5. The lowest BCUT2D eigenvalue weighted by molar-refractivity contribution is 0.0950. The zero-order valence-electron chi connectivity index (χ0n) is 20.6. The van der Waals surface area contributed by atoms with Crippen LogP contribution in [0.5, 0.6) is 5.75 Å². The molecule has 8 heteroatoms. The Morgan fingerprint density at radius 2 is 1.89 bits per heavy atom. The number of aromatic nitrogens is 2. The van der Waals surface area contributed by atoms with Crippen LogP contribution < -0.4 is 15.4 Å². The lowest BCUT2D eigenvalue weighted by Crippen LogP contribution is -2.30. The molecule has 0 atom stereocenters. The lowest BCUT2D eigenvalue weighted by atomic mass is 9.97. The summed E-state index contributed by atoms with van der Waals surface area (Å²) in [5.74, 6) is 0.735. The molecule has 1 amide bonds. The first kappa shape index (κ1) is 29.1. The number of nitrogens with one attached hydrogen (secondary N) is 2. The average molecular weight is 522 g/mol. The second-order valence-corrected chi connectivity index (χ2v) is 9.09. The monoisotopic (exact) mass is 520 g/mol. The maximum absolute atomic E-state index is 12.8. The van der Waals surface area contributed by atoms with Gasteiger partial charge >= 0.3 is 0 Å². The summed E-state index contributed by atoms with van der Waals surface area (Å²) in [6, 6.07) is 10.1. The maximum Gasteiger partial charge on any atom is 0.272 e. The van der Waals surface area contributed by atoms with Crippen LogP contribution in [0.25, 0.3) is 11.1 Å². The van der Waals surface area contributed by atoms with Gasteiger partial charge in [-0.3, -0.25) is 4.79 Å². The van der Waals surface area contributed by atoms with Gasteiger partial charge in [0.25, 0.3) is 5.91 Å². The van der Waals surface area contributed by atoms with Gasteiger partial charge in [-0.05, 0) is 75.3 Å². The Bertz CT molecular complexity index is 960. The molecule has 1 aliphatic carbocycles. The van der Waals surface area contributed by atoms with E-state index in [1.807, 2.05) is 18.2 Å². The molecule has 4 rings (SSSR count). The number of ether oxygens (including phenoxy) is 1. The number of nitrogens with zero attached hydrogens (tertiary/aromatic N) is 2. The molecule has 192 valence electrons. The third kappa shape index (κ3) is 8.48. The summed E-state index contributed by atoms with van der Waals surface area (Å²) in [5, 5.41) is 15.0. The maximum atomic E-state index is 12.8. The number of carbonyl (C=O) groups is 1. The van der Waals surface area contributed by atoms with Crippen molar-refractivity contribution in [2.45, 2.75) is 70.8 Å². The molecule has 1 aromatic heterocycles. The van der Waals surface area contributed by atoms with Crippen LogP contribution in [0.1, 0.15) is 74.5 Å². The lowest BCUT2D eigenvalue weighted by Gasteiger charge is -2.23. The van der Waals surface area contributed by atoms with Crippen LogP contribution in [0.15, 0.2) is 42.0 Å². The molecule has 2 heterocycles. The predicted octanol–water partition coefficient (Wildman–Crippen LogP) is 5.69. The number of unbranched alkanes of at least 4 members (excludes halogenated alkanes) is 1. The van der Waals surface area contributed by atoms with Crippen LogP contribution in [0, 0.1) is 0 Å². The molecule has 0 saturated heterocycles. The number of rotatable bonds is 9. The molecule has 2 N–H and O–H groups in total. The number of hydrogen-bond acceptors (Lipinski definition) is 5. The number of carbonyl (C=O) groups excluding carboxylic acids is 1. The fourth-order valence-electron chi connectivity index (χ4n) is 4.51. The van der Waals surface area contributed by atoms with Crippen LogP contribution in [0.3, 0.4) is 0 Å². The van der Waals surface area contributed by atoms with Gasteiger partial charge in [-0.1, -0.05) is 43.5 Å². The number of halogens is 2. The molecule has 0 spiro atoms. The fraction of sp³-hybridized carbons (Fsp3) is 0.519. The summed E-state index contributed by atoms with van der Waals surface area (Å²) in [6.07, 6.45) is 12.5. The third-order valence-corrected chi connectivity index (χ3v) is 6.52. The zero-order chi connectivity index (χ0) is 22.9. The van der Waals surface area contributed by atoms with E-state index in [1.165, 1.54) is 24.8 Å². The molecule has 0 radical (unpaired) electrons. The minimum Gasteiger partial charge on any atom is -0.490 e. The highest BCUT2D eigenvalue weighted by molar-refractivity contribution is 5.93. The molecule has 1 aromatic carbocycles. The van der Waals surface area contributed by atoms with Gasteiger partial charge in [-0.25, -0.2) is 0 Å². The summed E-state index contributed by atoms with van der Waals surface area (Å²) in [6.45, 7) is 4.55. The molecule has 6 nitrogen and oxygen atoms in total. The van der Waals surface area contributed by atoms with Crippen molar-refractivity contribution in [2.24, 2.45) is 0 Å². The Morgan fingerprint density at radius 3 is 2.57 bits per heavy atom. The molecule has 35 heavy (non-hydrogen) atoms. The van der Waals surface area contributed by atoms with Crippen LogP contribution >= 0.6 is 24.8 Å². The van der Waals surface area contributed by atoms with Gasteiger partial charge in [-0.2, -0.15) is 5.10 Å². The Hall–Kier alpha value is -2.15. The van der Waals surface area contributed by atoms with Gasteiger partial charge in [-0.15, -0.1) is 29.9 Å². The summed E-state index contributed by atoms with van der Waals surface area (Å²) in [5.41, 5.74) is 4.58. The third-order valence-electron chi connectivity index (χ3n) is 6.52. The number of hydrogen-bond donors (Lipinski definition) is 2. The highest BCUT2D eigenvalue weighted by Crippen LogP contribution is 2.28. The second-order valence-electron chi connectivity index (χ2n) is 9.09. The van der Waals surface area contributed by atoms with Crippen LogP contribution in [0.2, 0.25) is 0 Å². The van der Waals surface area contributed by atoms with Crippen molar-refractivity contribution in [2.75, 3.05) is 19.6 Å². The number of benzene rings is 1. The predicted molar refractivity (Wildman–Crippen MR) is 146 cm³/mol. The summed E-state index contributed by atoms with van der Waals surface area (Å²) in [7, 11) is 0. The Balaban J connectivity index is 0.00000216. The van der Waals surface area contributed by atoms with Crippen molar-refractivity contribution in [3.63, 3.8) is 0 Å². The van der Waals surface area contributed by atoms with E-state index in [-0.39, 0.29) is 30.7 Å². The largest absolute Gasteiger partial charge is 0.490 e. The first-order chi connectivity index (χ1) is 16.2. The molecule has 1 aliphatic heterocycles. The molecule has 1 saturated carbocycles. The fourth-order valence-corrected chi connectivity index (χ4v) is 4.51. The summed E-state index contributed by atoms with van der Waals surface area (Å²) in [4.78, 5) is 12.8. The van der Waals surface area contributed by atoms with Crippen molar-refractivity contribution >= 4 is 30.7 Å². The molecular formula is C27H38Cl2N4O2. The van der Waals surface area contributed by atoms with Gasteiger partial charge in [0.2, 0.25) is 0 Å². The first-order valence-electron chi connectivity index (χ1n) is 12.5. The van der Waals surface area contributed by atoms with E-state index in [9.17, 15) is 4.79 Å². The van der Waals surface area contributed by atoms with Crippen molar-refractivity contribution in [3.8, 4) is 16.9 Å². The van der Waals surface area contributed by atoms with Crippen LogP contribution in [-0.2, 0) is 6.42 Å². The van der Waals surface area contributed by atoms with E-state index >= 15 is 0 Å². The topological polar surface area (TPSA) is 76.1 Å². The van der Waals surface area contributed by atoms with Gasteiger partial charge in [0, 0.05) is 18.7 Å². The Labute approximate surface area is 221 Å². The van der Waals surface area contributed by atoms with Crippen LogP contribution in [-0.4, -0.2) is 41.8 Å². The smallest absolute Gasteiger partial charge is 0.272 e. The molecular weight excluding hydrogens is 483 g/mol. The second kappa shape index (κ2) is 15.1. The van der Waals surface area contributed by atoms with E-state index in [0.29, 0.717) is 18.3 Å². The molecule has 0 bridgehead atoms. The van der Waals surface area contributed by atoms with Crippen molar-refractivity contribution in [3.05, 3.63) is 53.4 Å². The first-order valence-corrected chi connectivity index (χ1v) is 12.5. The molecule has 2 aliphatic rings. The number of amides is 1. The van der Waals surface area contributed by atoms with E-state index in [2.05, 4.69) is 46.0 Å².